The van der Waals surface area contributed by atoms with E-state index in [-0.39, 0.29) is 12.0 Å². The average Bonchev–Trinajstić information content (AvgIpc) is 2.21. The van der Waals surface area contributed by atoms with Crippen molar-refractivity contribution in [1.82, 2.24) is 5.32 Å². The van der Waals surface area contributed by atoms with E-state index in [2.05, 4.69) is 5.32 Å². The van der Waals surface area contributed by atoms with Gasteiger partial charge in [-0.2, -0.15) is 0 Å². The normalized spacial score (nSPS) is 15.1. The Morgan fingerprint density at radius 1 is 1.38 bits per heavy atom. The van der Waals surface area contributed by atoms with Crippen molar-refractivity contribution in [3.63, 3.8) is 0 Å². The number of aliphatic carboxylic acids is 1. The molecule has 96 valence electrons. The van der Waals surface area contributed by atoms with Crippen molar-refractivity contribution >= 4 is 5.97 Å². The van der Waals surface area contributed by atoms with Crippen LogP contribution in [0.1, 0.15) is 40.5 Å². The first-order chi connectivity index (χ1) is 7.49. The zero-order valence-electron chi connectivity index (χ0n) is 10.8. The van der Waals surface area contributed by atoms with Crippen LogP contribution in [0.15, 0.2) is 0 Å². The van der Waals surface area contributed by atoms with E-state index in [1.54, 1.807) is 0 Å². The minimum Gasteiger partial charge on any atom is -0.480 e. The van der Waals surface area contributed by atoms with E-state index in [1.165, 1.54) is 0 Å². The Kier molecular flexibility index (Phi) is 8.21. The summed E-state index contributed by atoms with van der Waals surface area (Å²) < 4.78 is 5.38. The molecule has 2 N–H and O–H groups in total. The van der Waals surface area contributed by atoms with Crippen molar-refractivity contribution in [3.05, 3.63) is 0 Å². The number of ether oxygens (including phenoxy) is 1. The number of hydrogen-bond donors (Lipinski definition) is 2. The highest BCUT2D eigenvalue weighted by atomic mass is 16.5. The van der Waals surface area contributed by atoms with Gasteiger partial charge in [0.25, 0.3) is 0 Å². The molecule has 0 fully saturated rings. The lowest BCUT2D eigenvalue weighted by Gasteiger charge is -2.20. The lowest BCUT2D eigenvalue weighted by atomic mass is 9.99. The quantitative estimate of drug-likeness (QED) is 0.595. The molecule has 0 bridgehead atoms. The molecular weight excluding hydrogens is 206 g/mol. The molecule has 0 aromatic carbocycles. The van der Waals surface area contributed by atoms with Crippen molar-refractivity contribution in [3.8, 4) is 0 Å². The molecule has 2 atom stereocenters. The number of hydrogen-bond acceptors (Lipinski definition) is 3. The maximum absolute atomic E-state index is 11.0. The van der Waals surface area contributed by atoms with Crippen molar-refractivity contribution in [1.29, 1.82) is 0 Å². The Morgan fingerprint density at radius 2 is 2.00 bits per heavy atom. The van der Waals surface area contributed by atoms with Gasteiger partial charge in [0.05, 0.1) is 6.10 Å². The molecule has 4 heteroatoms. The molecule has 0 unspecified atom stereocenters. The Labute approximate surface area is 98.4 Å². The van der Waals surface area contributed by atoms with Crippen LogP contribution in [0.25, 0.3) is 0 Å². The van der Waals surface area contributed by atoms with Crippen LogP contribution < -0.4 is 5.32 Å². The second-order valence-electron chi connectivity index (χ2n) is 4.43. The van der Waals surface area contributed by atoms with E-state index in [1.807, 2.05) is 27.7 Å². The lowest BCUT2D eigenvalue weighted by molar-refractivity contribution is -0.140. The van der Waals surface area contributed by atoms with Crippen LogP contribution in [0, 0.1) is 5.92 Å². The molecule has 16 heavy (non-hydrogen) atoms. The van der Waals surface area contributed by atoms with Crippen LogP contribution in [-0.4, -0.2) is 36.4 Å². The molecule has 0 aromatic rings. The van der Waals surface area contributed by atoms with Crippen molar-refractivity contribution in [2.75, 3.05) is 13.2 Å². The zero-order chi connectivity index (χ0) is 12.6. The standard InChI is InChI=1S/C12H25NO3/c1-5-10(4)11(12(14)15)13-7-6-8-16-9(2)3/h9-11,13H,5-8H2,1-4H3,(H,14,15)/t10-,11-/m0/s1. The van der Waals surface area contributed by atoms with Crippen LogP contribution in [0.3, 0.4) is 0 Å². The van der Waals surface area contributed by atoms with Crippen molar-refractivity contribution < 1.29 is 14.6 Å². The summed E-state index contributed by atoms with van der Waals surface area (Å²) in [6.45, 7) is 9.31. The second kappa shape index (κ2) is 8.53. The SMILES string of the molecule is CC[C@H](C)[C@H](NCCCOC(C)C)C(=O)O. The maximum Gasteiger partial charge on any atom is 0.320 e. The van der Waals surface area contributed by atoms with E-state index < -0.39 is 12.0 Å². The zero-order valence-corrected chi connectivity index (χ0v) is 10.8. The topological polar surface area (TPSA) is 58.6 Å². The van der Waals surface area contributed by atoms with Gasteiger partial charge >= 0.3 is 5.97 Å². The molecule has 0 saturated carbocycles. The molecule has 0 saturated heterocycles. The number of carboxylic acid groups (broad SMARTS) is 1. The summed E-state index contributed by atoms with van der Waals surface area (Å²) >= 11 is 0. The van der Waals surface area contributed by atoms with E-state index in [0.29, 0.717) is 13.2 Å². The Bertz CT molecular complexity index is 195. The summed E-state index contributed by atoms with van der Waals surface area (Å²) in [6, 6.07) is -0.441. The summed E-state index contributed by atoms with van der Waals surface area (Å²) in [5.74, 6) is -0.609. The molecule has 0 heterocycles. The largest absolute Gasteiger partial charge is 0.480 e. The molecule has 0 amide bonds. The molecule has 0 aromatic heterocycles. The number of rotatable bonds is 9. The first kappa shape index (κ1) is 15.4. The molecule has 0 spiro atoms. The minimum absolute atomic E-state index is 0.156. The first-order valence-electron chi connectivity index (χ1n) is 6.06. The minimum atomic E-state index is -0.765. The van der Waals surface area contributed by atoms with Gasteiger partial charge in [0.1, 0.15) is 6.04 Å². The van der Waals surface area contributed by atoms with Crippen LogP contribution >= 0.6 is 0 Å². The van der Waals surface area contributed by atoms with Crippen LogP contribution in [-0.2, 0) is 9.53 Å². The van der Waals surface area contributed by atoms with Gasteiger partial charge in [0, 0.05) is 6.61 Å². The van der Waals surface area contributed by atoms with E-state index >= 15 is 0 Å². The molecule has 0 aliphatic rings. The molecular formula is C12H25NO3. The Morgan fingerprint density at radius 3 is 2.44 bits per heavy atom. The van der Waals surface area contributed by atoms with Crippen LogP contribution in [0.2, 0.25) is 0 Å². The van der Waals surface area contributed by atoms with E-state index in [4.69, 9.17) is 9.84 Å². The van der Waals surface area contributed by atoms with E-state index in [0.717, 1.165) is 12.8 Å². The van der Waals surface area contributed by atoms with Gasteiger partial charge in [-0.25, -0.2) is 0 Å². The van der Waals surface area contributed by atoms with Crippen LogP contribution in [0.4, 0.5) is 0 Å². The molecule has 0 aliphatic heterocycles. The summed E-state index contributed by atoms with van der Waals surface area (Å²) in [5.41, 5.74) is 0. The van der Waals surface area contributed by atoms with Crippen molar-refractivity contribution in [2.24, 2.45) is 5.92 Å². The highest BCUT2D eigenvalue weighted by Crippen LogP contribution is 2.07. The molecule has 0 radical (unpaired) electrons. The second-order valence-corrected chi connectivity index (χ2v) is 4.43. The van der Waals surface area contributed by atoms with Gasteiger partial charge in [0.2, 0.25) is 0 Å². The van der Waals surface area contributed by atoms with Gasteiger partial charge in [-0.05, 0) is 32.7 Å². The van der Waals surface area contributed by atoms with Gasteiger partial charge in [0.15, 0.2) is 0 Å². The fourth-order valence-corrected chi connectivity index (χ4v) is 1.42. The summed E-state index contributed by atoms with van der Waals surface area (Å²) in [5, 5.41) is 12.1. The van der Waals surface area contributed by atoms with Gasteiger partial charge in [-0.1, -0.05) is 20.3 Å². The fourth-order valence-electron chi connectivity index (χ4n) is 1.42. The highest BCUT2D eigenvalue weighted by Gasteiger charge is 2.22. The third-order valence-electron chi connectivity index (χ3n) is 2.62. The Balaban J connectivity index is 3.73. The van der Waals surface area contributed by atoms with Crippen molar-refractivity contribution in [2.45, 2.75) is 52.7 Å². The van der Waals surface area contributed by atoms with Gasteiger partial charge in [-0.15, -0.1) is 0 Å². The fraction of sp³-hybridized carbons (Fsp3) is 0.917. The first-order valence-corrected chi connectivity index (χ1v) is 6.06. The Hall–Kier alpha value is -0.610. The number of nitrogens with one attached hydrogen (secondary N) is 1. The maximum atomic E-state index is 11.0. The summed E-state index contributed by atoms with van der Waals surface area (Å²) in [7, 11) is 0. The third-order valence-corrected chi connectivity index (χ3v) is 2.62. The summed E-state index contributed by atoms with van der Waals surface area (Å²) in [6.07, 6.45) is 1.95. The average molecular weight is 231 g/mol. The summed E-state index contributed by atoms with van der Waals surface area (Å²) in [4.78, 5) is 11.0. The predicted octanol–water partition coefficient (Wildman–Crippen LogP) is 1.89. The number of carbonyl (C=O) groups is 1. The van der Waals surface area contributed by atoms with Gasteiger partial charge < -0.3 is 15.2 Å². The lowest BCUT2D eigenvalue weighted by Crippen LogP contribution is -2.42. The monoisotopic (exact) mass is 231 g/mol. The highest BCUT2D eigenvalue weighted by molar-refractivity contribution is 5.73. The molecule has 4 nitrogen and oxygen atoms in total. The predicted molar refractivity (Wildman–Crippen MR) is 64.6 cm³/mol. The third kappa shape index (κ3) is 6.80. The number of carboxylic acids is 1. The van der Waals surface area contributed by atoms with E-state index in [9.17, 15) is 4.79 Å². The molecule has 0 rings (SSSR count). The van der Waals surface area contributed by atoms with Gasteiger partial charge in [-0.3, -0.25) is 4.79 Å². The van der Waals surface area contributed by atoms with Crippen LogP contribution in [0.5, 0.6) is 0 Å². The smallest absolute Gasteiger partial charge is 0.320 e. The molecule has 0 aliphatic carbocycles.